The van der Waals surface area contributed by atoms with Crippen molar-refractivity contribution in [3.63, 3.8) is 0 Å². The molecule has 0 heterocycles. The molecule has 0 aromatic heterocycles. The molecule has 1 aliphatic rings. The number of carbonyl (C=O) groups is 2. The van der Waals surface area contributed by atoms with Crippen LogP contribution in [0.4, 0.5) is 5.69 Å². The fourth-order valence-electron chi connectivity index (χ4n) is 3.17. The first-order chi connectivity index (χ1) is 10.9. The van der Waals surface area contributed by atoms with Crippen molar-refractivity contribution in [2.24, 2.45) is 5.73 Å². The predicted molar refractivity (Wildman–Crippen MR) is 95.3 cm³/mol. The van der Waals surface area contributed by atoms with Crippen LogP contribution in [0.3, 0.4) is 0 Å². The van der Waals surface area contributed by atoms with Gasteiger partial charge in [0.2, 0.25) is 11.8 Å². The summed E-state index contributed by atoms with van der Waals surface area (Å²) in [6.45, 7) is 2.14. The van der Waals surface area contributed by atoms with Crippen LogP contribution in [0.15, 0.2) is 16.6 Å². The number of benzene rings is 1. The number of nitrogens with two attached hydrogens (primary N) is 1. The second-order valence-electron chi connectivity index (χ2n) is 6.24. The van der Waals surface area contributed by atoms with Gasteiger partial charge in [-0.15, -0.1) is 0 Å². The van der Waals surface area contributed by atoms with Crippen molar-refractivity contribution < 1.29 is 9.59 Å². The largest absolute Gasteiger partial charge is 0.366 e. The molecule has 0 unspecified atom stereocenters. The number of primary amides is 1. The number of hydrogen-bond donors (Lipinski definition) is 2. The molecule has 0 radical (unpaired) electrons. The van der Waals surface area contributed by atoms with Crippen LogP contribution in [0.25, 0.3) is 0 Å². The molecule has 1 fully saturated rings. The molecule has 5 nitrogen and oxygen atoms in total. The van der Waals surface area contributed by atoms with Crippen molar-refractivity contribution in [3.8, 4) is 0 Å². The number of hydrogen-bond acceptors (Lipinski definition) is 3. The third-order valence-corrected chi connectivity index (χ3v) is 5.00. The Kier molecular flexibility index (Phi) is 6.18. The van der Waals surface area contributed by atoms with Crippen LogP contribution in [0.5, 0.6) is 0 Å². The Labute approximate surface area is 145 Å². The quantitative estimate of drug-likeness (QED) is 0.821. The lowest BCUT2D eigenvalue weighted by Crippen LogP contribution is -2.33. The highest BCUT2D eigenvalue weighted by molar-refractivity contribution is 9.10. The van der Waals surface area contributed by atoms with Crippen molar-refractivity contribution in [1.82, 2.24) is 4.90 Å². The summed E-state index contributed by atoms with van der Waals surface area (Å²) in [6.07, 6.45) is 6.23. The van der Waals surface area contributed by atoms with Crippen LogP contribution < -0.4 is 11.1 Å². The fraction of sp³-hybridized carbons (Fsp3) is 0.529. The first-order valence-electron chi connectivity index (χ1n) is 7.98. The summed E-state index contributed by atoms with van der Waals surface area (Å²) in [7, 11) is 2.10. The third kappa shape index (κ3) is 4.78. The maximum absolute atomic E-state index is 11.5. The zero-order valence-corrected chi connectivity index (χ0v) is 15.3. The molecule has 23 heavy (non-hydrogen) atoms. The van der Waals surface area contributed by atoms with Crippen molar-refractivity contribution in [3.05, 3.63) is 27.7 Å². The minimum Gasteiger partial charge on any atom is -0.366 e. The summed E-state index contributed by atoms with van der Waals surface area (Å²) in [6, 6.07) is 3.97. The van der Waals surface area contributed by atoms with Gasteiger partial charge in [-0.2, -0.15) is 0 Å². The van der Waals surface area contributed by atoms with Gasteiger partial charge in [0.15, 0.2) is 0 Å². The third-order valence-electron chi connectivity index (χ3n) is 4.38. The molecule has 0 spiro atoms. The molecule has 1 aliphatic carbocycles. The second kappa shape index (κ2) is 7.93. The molecule has 0 saturated heterocycles. The van der Waals surface area contributed by atoms with E-state index in [9.17, 15) is 9.59 Å². The van der Waals surface area contributed by atoms with Gasteiger partial charge in [-0.3, -0.25) is 14.5 Å². The van der Waals surface area contributed by atoms with E-state index in [4.69, 9.17) is 5.73 Å². The van der Waals surface area contributed by atoms with E-state index >= 15 is 0 Å². The second-order valence-corrected chi connectivity index (χ2v) is 7.10. The van der Waals surface area contributed by atoms with Gasteiger partial charge < -0.3 is 11.1 Å². The van der Waals surface area contributed by atoms with E-state index in [0.717, 1.165) is 5.56 Å². The van der Waals surface area contributed by atoms with Crippen LogP contribution in [0.1, 0.15) is 54.9 Å². The van der Waals surface area contributed by atoms with Gasteiger partial charge in [-0.1, -0.05) is 19.3 Å². The topological polar surface area (TPSA) is 75.4 Å². The number of rotatable bonds is 5. The normalized spacial score (nSPS) is 15.7. The Morgan fingerprint density at radius 1 is 1.30 bits per heavy atom. The first kappa shape index (κ1) is 17.9. The lowest BCUT2D eigenvalue weighted by molar-refractivity contribution is -0.114. The SMILES string of the molecule is CC(=O)Nc1c(Br)cc(C(N)=O)cc1CN(C)C1CCCCC1. The first-order valence-corrected chi connectivity index (χ1v) is 8.78. The molecule has 0 atom stereocenters. The molecular weight excluding hydrogens is 358 g/mol. The summed E-state index contributed by atoms with van der Waals surface area (Å²) in [4.78, 5) is 25.3. The van der Waals surface area contributed by atoms with E-state index in [1.165, 1.54) is 39.0 Å². The molecule has 0 aliphatic heterocycles. The average Bonchev–Trinajstić information content (AvgIpc) is 2.50. The maximum Gasteiger partial charge on any atom is 0.248 e. The van der Waals surface area contributed by atoms with Gasteiger partial charge in [-0.05, 0) is 53.5 Å². The molecular formula is C17H24BrN3O2. The zero-order valence-electron chi connectivity index (χ0n) is 13.7. The van der Waals surface area contributed by atoms with Gasteiger partial charge in [-0.25, -0.2) is 0 Å². The average molecular weight is 382 g/mol. The predicted octanol–water partition coefficient (Wildman–Crippen LogP) is 3.27. The molecule has 6 heteroatoms. The highest BCUT2D eigenvalue weighted by atomic mass is 79.9. The Bertz CT molecular complexity index is 598. The zero-order chi connectivity index (χ0) is 17.0. The number of nitrogens with zero attached hydrogens (tertiary/aromatic N) is 1. The smallest absolute Gasteiger partial charge is 0.248 e. The van der Waals surface area contributed by atoms with Crippen molar-refractivity contribution in [1.29, 1.82) is 0 Å². The number of carbonyl (C=O) groups excluding carboxylic acids is 2. The van der Waals surface area contributed by atoms with Crippen LogP contribution in [-0.2, 0) is 11.3 Å². The summed E-state index contributed by atoms with van der Waals surface area (Å²) in [5.41, 5.74) is 7.47. The van der Waals surface area contributed by atoms with E-state index in [-0.39, 0.29) is 5.91 Å². The molecule has 2 amide bonds. The maximum atomic E-state index is 11.5. The number of halogens is 1. The van der Waals surface area contributed by atoms with E-state index in [2.05, 4.69) is 33.2 Å². The Morgan fingerprint density at radius 3 is 2.52 bits per heavy atom. The molecule has 1 aromatic carbocycles. The Hall–Kier alpha value is -1.40. The number of anilines is 1. The monoisotopic (exact) mass is 381 g/mol. The van der Waals surface area contributed by atoms with Gasteiger partial charge in [0.1, 0.15) is 0 Å². The minimum absolute atomic E-state index is 0.140. The fourth-order valence-corrected chi connectivity index (χ4v) is 3.77. The highest BCUT2D eigenvalue weighted by Gasteiger charge is 2.20. The Morgan fingerprint density at radius 2 is 1.96 bits per heavy atom. The standard InChI is InChI=1S/C17H24BrN3O2/c1-11(22)20-16-13(8-12(17(19)23)9-15(16)18)10-21(2)14-6-4-3-5-7-14/h8-9,14H,3-7,10H2,1-2H3,(H2,19,23)(H,20,22). The van der Waals surface area contributed by atoms with Crippen LogP contribution in [-0.4, -0.2) is 29.8 Å². The van der Waals surface area contributed by atoms with Crippen LogP contribution in [0, 0.1) is 0 Å². The summed E-state index contributed by atoms with van der Waals surface area (Å²) < 4.78 is 0.677. The van der Waals surface area contributed by atoms with E-state index < -0.39 is 5.91 Å². The van der Waals surface area contributed by atoms with Crippen molar-refractivity contribution >= 4 is 33.4 Å². The summed E-state index contributed by atoms with van der Waals surface area (Å²) in [5.74, 6) is -0.610. The molecule has 126 valence electrons. The van der Waals surface area contributed by atoms with Gasteiger partial charge >= 0.3 is 0 Å². The Balaban J connectivity index is 2.29. The van der Waals surface area contributed by atoms with Gasteiger partial charge in [0.25, 0.3) is 0 Å². The van der Waals surface area contributed by atoms with Crippen molar-refractivity contribution in [2.75, 3.05) is 12.4 Å². The van der Waals surface area contributed by atoms with Crippen LogP contribution >= 0.6 is 15.9 Å². The molecule has 0 bridgehead atoms. The van der Waals surface area contributed by atoms with E-state index in [1.807, 2.05) is 0 Å². The van der Waals surface area contributed by atoms with Crippen LogP contribution in [0.2, 0.25) is 0 Å². The summed E-state index contributed by atoms with van der Waals surface area (Å²) in [5, 5.41) is 2.85. The van der Waals surface area contributed by atoms with E-state index in [0.29, 0.717) is 28.3 Å². The molecule has 2 rings (SSSR count). The van der Waals surface area contributed by atoms with Crippen molar-refractivity contribution in [2.45, 2.75) is 51.6 Å². The van der Waals surface area contributed by atoms with Gasteiger partial charge in [0.05, 0.1) is 5.69 Å². The van der Waals surface area contributed by atoms with Gasteiger partial charge in [0, 0.05) is 29.5 Å². The lowest BCUT2D eigenvalue weighted by Gasteiger charge is -2.32. The molecule has 1 aromatic rings. The number of nitrogens with one attached hydrogen (secondary N) is 1. The highest BCUT2D eigenvalue weighted by Crippen LogP contribution is 2.31. The summed E-state index contributed by atoms with van der Waals surface area (Å²) >= 11 is 3.44. The minimum atomic E-state index is -0.471. The molecule has 3 N–H and O–H groups in total. The molecule has 1 saturated carbocycles. The lowest BCUT2D eigenvalue weighted by atomic mass is 9.94. The van der Waals surface area contributed by atoms with E-state index in [1.54, 1.807) is 12.1 Å². The number of amides is 2.